The molecule has 3 rings (SSSR count). The molecule has 0 atom stereocenters. The van der Waals surface area contributed by atoms with Crippen molar-refractivity contribution in [3.05, 3.63) is 65.2 Å². The lowest BCUT2D eigenvalue weighted by molar-refractivity contribution is 0.0535. The van der Waals surface area contributed by atoms with Crippen molar-refractivity contribution in [1.82, 2.24) is 9.80 Å². The van der Waals surface area contributed by atoms with Crippen LogP contribution < -0.4 is 5.73 Å². The number of carbonyl (C=O) groups is 2. The van der Waals surface area contributed by atoms with Crippen molar-refractivity contribution in [2.75, 3.05) is 31.9 Å². The Kier molecular flexibility index (Phi) is 6.04. The van der Waals surface area contributed by atoms with Crippen LogP contribution in [0.15, 0.2) is 48.5 Å². The van der Waals surface area contributed by atoms with E-state index in [4.69, 9.17) is 5.73 Å². The number of amides is 2. The molecule has 1 fully saturated rings. The average molecular weight is 360 g/mol. The number of benzene rings is 2. The van der Waals surface area contributed by atoms with Gasteiger partial charge in [0.2, 0.25) is 0 Å². The van der Waals surface area contributed by atoms with Crippen LogP contribution in [0.5, 0.6) is 0 Å². The molecule has 2 aromatic carbocycles. The third-order valence-corrected chi connectivity index (χ3v) is 4.37. The van der Waals surface area contributed by atoms with Crippen LogP contribution in [-0.2, 0) is 0 Å². The number of piperazine rings is 1. The number of rotatable bonds is 2. The number of nitrogen functional groups attached to an aromatic ring is 1. The topological polar surface area (TPSA) is 66.6 Å². The Morgan fingerprint density at radius 1 is 0.880 bits per heavy atom. The number of anilines is 1. The van der Waals surface area contributed by atoms with Gasteiger partial charge in [-0.25, -0.2) is 0 Å². The highest BCUT2D eigenvalue weighted by Gasteiger charge is 2.26. The van der Waals surface area contributed by atoms with Crippen molar-refractivity contribution in [3.63, 3.8) is 0 Å². The fourth-order valence-electron chi connectivity index (χ4n) is 2.92. The summed E-state index contributed by atoms with van der Waals surface area (Å²) in [5, 5.41) is 0. The zero-order chi connectivity index (χ0) is 17.1. The Morgan fingerprint density at radius 2 is 1.44 bits per heavy atom. The molecule has 1 saturated heterocycles. The SMILES string of the molecule is Cc1ccc(N)cc1C(=O)N1CCN(C(=O)c2ccccc2)CC1.Cl. The third kappa shape index (κ3) is 4.12. The van der Waals surface area contributed by atoms with Crippen molar-refractivity contribution >= 4 is 29.9 Å². The molecule has 132 valence electrons. The van der Waals surface area contributed by atoms with Crippen LogP contribution >= 0.6 is 12.4 Å². The number of carbonyl (C=O) groups excluding carboxylic acids is 2. The highest BCUT2D eigenvalue weighted by Crippen LogP contribution is 2.17. The monoisotopic (exact) mass is 359 g/mol. The molecule has 0 spiro atoms. The maximum Gasteiger partial charge on any atom is 0.254 e. The predicted molar refractivity (Wildman–Crippen MR) is 101 cm³/mol. The molecule has 2 amide bonds. The van der Waals surface area contributed by atoms with Crippen molar-refractivity contribution in [1.29, 1.82) is 0 Å². The summed E-state index contributed by atoms with van der Waals surface area (Å²) in [6, 6.07) is 14.6. The minimum Gasteiger partial charge on any atom is -0.399 e. The van der Waals surface area contributed by atoms with Crippen molar-refractivity contribution in [2.45, 2.75) is 6.92 Å². The second-order valence-electron chi connectivity index (χ2n) is 6.02. The summed E-state index contributed by atoms with van der Waals surface area (Å²) in [4.78, 5) is 28.7. The fraction of sp³-hybridized carbons (Fsp3) is 0.263. The zero-order valence-electron chi connectivity index (χ0n) is 14.1. The number of nitrogens with two attached hydrogens (primary N) is 1. The minimum atomic E-state index is -0.0217. The van der Waals surface area contributed by atoms with E-state index in [1.807, 2.05) is 43.3 Å². The van der Waals surface area contributed by atoms with Crippen LogP contribution in [0.2, 0.25) is 0 Å². The second kappa shape index (κ2) is 8.03. The number of aryl methyl sites for hydroxylation is 1. The molecule has 0 bridgehead atoms. The second-order valence-corrected chi connectivity index (χ2v) is 6.02. The molecule has 6 heteroatoms. The van der Waals surface area contributed by atoms with E-state index in [1.165, 1.54) is 0 Å². The summed E-state index contributed by atoms with van der Waals surface area (Å²) < 4.78 is 0. The summed E-state index contributed by atoms with van der Waals surface area (Å²) in [6.07, 6.45) is 0. The van der Waals surface area contributed by atoms with E-state index >= 15 is 0 Å². The van der Waals surface area contributed by atoms with Crippen LogP contribution in [0.25, 0.3) is 0 Å². The van der Waals surface area contributed by atoms with Gasteiger partial charge in [-0.3, -0.25) is 9.59 Å². The van der Waals surface area contributed by atoms with Gasteiger partial charge in [-0.2, -0.15) is 0 Å². The molecule has 1 heterocycles. The lowest BCUT2D eigenvalue weighted by Gasteiger charge is -2.35. The summed E-state index contributed by atoms with van der Waals surface area (Å²) in [5.41, 5.74) is 8.62. The van der Waals surface area contributed by atoms with Gasteiger partial charge in [-0.05, 0) is 36.8 Å². The fourth-order valence-corrected chi connectivity index (χ4v) is 2.92. The Labute approximate surface area is 153 Å². The van der Waals surface area contributed by atoms with Gasteiger partial charge >= 0.3 is 0 Å². The molecule has 2 N–H and O–H groups in total. The highest BCUT2D eigenvalue weighted by molar-refractivity contribution is 5.97. The molecule has 1 aliphatic heterocycles. The van der Waals surface area contributed by atoms with Crippen LogP contribution in [0.3, 0.4) is 0 Å². The largest absolute Gasteiger partial charge is 0.399 e. The first-order chi connectivity index (χ1) is 11.6. The van der Waals surface area contributed by atoms with E-state index in [0.29, 0.717) is 43.0 Å². The first-order valence-corrected chi connectivity index (χ1v) is 8.06. The summed E-state index contributed by atoms with van der Waals surface area (Å²) in [5.74, 6) is -0.00514. The number of hydrogen-bond acceptors (Lipinski definition) is 3. The smallest absolute Gasteiger partial charge is 0.254 e. The Balaban J connectivity index is 0.00000225. The van der Waals surface area contributed by atoms with Crippen LogP contribution in [0, 0.1) is 6.92 Å². The lowest BCUT2D eigenvalue weighted by Crippen LogP contribution is -2.50. The lowest BCUT2D eigenvalue weighted by atomic mass is 10.1. The maximum absolute atomic E-state index is 12.7. The molecular weight excluding hydrogens is 338 g/mol. The van der Waals surface area contributed by atoms with E-state index in [1.54, 1.807) is 21.9 Å². The van der Waals surface area contributed by atoms with Gasteiger partial charge in [-0.15, -0.1) is 12.4 Å². The highest BCUT2D eigenvalue weighted by atomic mass is 35.5. The van der Waals surface area contributed by atoms with E-state index in [0.717, 1.165) is 5.56 Å². The van der Waals surface area contributed by atoms with Gasteiger partial charge in [-0.1, -0.05) is 24.3 Å². The Bertz CT molecular complexity index is 757. The summed E-state index contributed by atoms with van der Waals surface area (Å²) in [7, 11) is 0. The van der Waals surface area contributed by atoms with Gasteiger partial charge in [0.1, 0.15) is 0 Å². The van der Waals surface area contributed by atoms with E-state index in [-0.39, 0.29) is 24.2 Å². The molecule has 0 aromatic heterocycles. The van der Waals surface area contributed by atoms with Gasteiger partial charge in [0.15, 0.2) is 0 Å². The van der Waals surface area contributed by atoms with E-state index in [9.17, 15) is 9.59 Å². The zero-order valence-corrected chi connectivity index (χ0v) is 15.0. The Morgan fingerprint density at radius 3 is 2.04 bits per heavy atom. The number of hydrogen-bond donors (Lipinski definition) is 1. The molecule has 0 unspecified atom stereocenters. The van der Waals surface area contributed by atoms with Gasteiger partial charge in [0.05, 0.1) is 0 Å². The summed E-state index contributed by atoms with van der Waals surface area (Å²) >= 11 is 0. The molecule has 5 nitrogen and oxygen atoms in total. The molecule has 25 heavy (non-hydrogen) atoms. The molecular formula is C19H22ClN3O2. The molecule has 0 radical (unpaired) electrons. The van der Waals surface area contributed by atoms with Crippen molar-refractivity contribution in [2.24, 2.45) is 0 Å². The number of nitrogens with zero attached hydrogens (tertiary/aromatic N) is 2. The van der Waals surface area contributed by atoms with Crippen LogP contribution in [0.4, 0.5) is 5.69 Å². The Hall–Kier alpha value is -2.53. The standard InChI is InChI=1S/C19H21N3O2.ClH/c1-14-7-8-16(20)13-17(14)19(24)22-11-9-21(10-12-22)18(23)15-5-3-2-4-6-15;/h2-8,13H,9-12,20H2,1H3;1H. The molecule has 0 saturated carbocycles. The van der Waals surface area contributed by atoms with E-state index in [2.05, 4.69) is 0 Å². The van der Waals surface area contributed by atoms with Gasteiger partial charge < -0.3 is 15.5 Å². The predicted octanol–water partition coefficient (Wildman–Crippen LogP) is 2.60. The first kappa shape index (κ1) is 18.8. The van der Waals surface area contributed by atoms with Gasteiger partial charge in [0, 0.05) is 43.0 Å². The average Bonchev–Trinajstić information content (AvgIpc) is 2.63. The van der Waals surface area contributed by atoms with Crippen molar-refractivity contribution in [3.8, 4) is 0 Å². The number of halogens is 1. The van der Waals surface area contributed by atoms with Crippen molar-refractivity contribution < 1.29 is 9.59 Å². The molecule has 2 aromatic rings. The first-order valence-electron chi connectivity index (χ1n) is 8.06. The third-order valence-electron chi connectivity index (χ3n) is 4.37. The minimum absolute atomic E-state index is 0. The van der Waals surface area contributed by atoms with Crippen LogP contribution in [0.1, 0.15) is 26.3 Å². The van der Waals surface area contributed by atoms with Crippen LogP contribution in [-0.4, -0.2) is 47.8 Å². The molecule has 0 aliphatic carbocycles. The quantitative estimate of drug-likeness (QED) is 0.838. The molecule has 1 aliphatic rings. The van der Waals surface area contributed by atoms with E-state index < -0.39 is 0 Å². The summed E-state index contributed by atoms with van der Waals surface area (Å²) in [6.45, 7) is 4.06. The maximum atomic E-state index is 12.7. The van der Waals surface area contributed by atoms with Gasteiger partial charge in [0.25, 0.3) is 11.8 Å². The normalized spacial score (nSPS) is 14.0.